The number of hydrogen-bond acceptors (Lipinski definition) is 4. The molecule has 0 unspecified atom stereocenters. The van der Waals surface area contributed by atoms with Gasteiger partial charge in [0.15, 0.2) is 0 Å². The van der Waals surface area contributed by atoms with E-state index in [4.69, 9.17) is 10.6 Å². The Morgan fingerprint density at radius 2 is 2.50 bits per heavy atom. The molecular formula is C9H8N4O2S. The first-order chi connectivity index (χ1) is 7.69. The Morgan fingerprint density at radius 3 is 3.06 bits per heavy atom. The van der Waals surface area contributed by atoms with E-state index in [-0.39, 0.29) is 5.70 Å². The van der Waals surface area contributed by atoms with E-state index in [1.165, 1.54) is 17.8 Å². The molecule has 0 aromatic carbocycles. The van der Waals surface area contributed by atoms with Gasteiger partial charge in [0.25, 0.3) is 0 Å². The summed E-state index contributed by atoms with van der Waals surface area (Å²) in [6, 6.07) is 3.38. The minimum atomic E-state index is -1.27. The van der Waals surface area contributed by atoms with E-state index in [0.717, 1.165) is 0 Å². The number of carbonyl (C=O) groups is 1. The number of nitrogens with zero attached hydrogens (tertiary/aromatic N) is 4. The molecule has 1 aromatic heterocycles. The maximum atomic E-state index is 10.7. The van der Waals surface area contributed by atoms with Gasteiger partial charge in [0.05, 0.1) is 0 Å². The molecule has 0 spiro atoms. The summed E-state index contributed by atoms with van der Waals surface area (Å²) in [5.74, 6) is -1.27. The van der Waals surface area contributed by atoms with Gasteiger partial charge < -0.3 is 5.11 Å². The van der Waals surface area contributed by atoms with Crippen molar-refractivity contribution in [1.82, 2.24) is 4.98 Å². The van der Waals surface area contributed by atoms with Crippen LogP contribution in [0.1, 0.15) is 5.56 Å². The summed E-state index contributed by atoms with van der Waals surface area (Å²) in [6.07, 6.45) is 4.73. The molecule has 6 nitrogen and oxygen atoms in total. The van der Waals surface area contributed by atoms with E-state index in [9.17, 15) is 4.79 Å². The van der Waals surface area contributed by atoms with Crippen molar-refractivity contribution < 1.29 is 9.90 Å². The zero-order valence-corrected chi connectivity index (χ0v) is 9.18. The summed E-state index contributed by atoms with van der Waals surface area (Å²) in [6.45, 7) is 0. The molecule has 0 radical (unpaired) electrons. The number of carboxylic acid groups (broad SMARTS) is 1. The van der Waals surface area contributed by atoms with Crippen LogP contribution in [0.5, 0.6) is 0 Å². The third kappa shape index (κ3) is 3.01. The topological polar surface area (TPSA) is 99.0 Å². The Labute approximate surface area is 95.6 Å². The molecule has 82 valence electrons. The van der Waals surface area contributed by atoms with Crippen LogP contribution >= 0.6 is 11.8 Å². The molecule has 0 saturated carbocycles. The van der Waals surface area contributed by atoms with Crippen molar-refractivity contribution in [3.63, 3.8) is 0 Å². The van der Waals surface area contributed by atoms with Crippen LogP contribution in [-0.2, 0) is 4.79 Å². The van der Waals surface area contributed by atoms with E-state index in [0.29, 0.717) is 10.6 Å². The predicted octanol–water partition coefficient (Wildman–Crippen LogP) is 2.54. The second-order valence-corrected chi connectivity index (χ2v) is 3.42. The van der Waals surface area contributed by atoms with E-state index < -0.39 is 5.97 Å². The highest BCUT2D eigenvalue weighted by Gasteiger charge is 2.06. The van der Waals surface area contributed by atoms with Gasteiger partial charge in [-0.2, -0.15) is 0 Å². The fourth-order valence-electron chi connectivity index (χ4n) is 1.01. The molecule has 0 aliphatic carbocycles. The standard InChI is InChI=1S/C9H8N4O2S/c1-16-8-6(3-2-4-11-8)5-7(9(14)15)12-13-10/h2-5H,1H3,(H,14,15)/b7-5-. The van der Waals surface area contributed by atoms with Gasteiger partial charge in [-0.1, -0.05) is 11.2 Å². The summed E-state index contributed by atoms with van der Waals surface area (Å²) in [7, 11) is 0. The van der Waals surface area contributed by atoms with Gasteiger partial charge >= 0.3 is 5.97 Å². The highest BCUT2D eigenvalue weighted by Crippen LogP contribution is 2.19. The molecular weight excluding hydrogens is 228 g/mol. The van der Waals surface area contributed by atoms with Gasteiger partial charge in [0.1, 0.15) is 10.7 Å². The zero-order valence-electron chi connectivity index (χ0n) is 8.36. The quantitative estimate of drug-likeness (QED) is 0.285. The normalized spacial score (nSPS) is 10.7. The lowest BCUT2D eigenvalue weighted by molar-refractivity contribution is -0.132. The Morgan fingerprint density at radius 1 is 1.75 bits per heavy atom. The van der Waals surface area contributed by atoms with E-state index in [1.807, 2.05) is 6.26 Å². The van der Waals surface area contributed by atoms with Crippen molar-refractivity contribution in [3.05, 3.63) is 40.0 Å². The molecule has 0 aliphatic heterocycles. The predicted molar refractivity (Wildman–Crippen MR) is 60.8 cm³/mol. The SMILES string of the molecule is CSc1ncccc1/C=C(\N=[N+]=[N-])C(=O)O. The smallest absolute Gasteiger partial charge is 0.338 e. The second-order valence-electron chi connectivity index (χ2n) is 2.63. The van der Waals surface area contributed by atoms with Crippen molar-refractivity contribution in [2.24, 2.45) is 5.11 Å². The van der Waals surface area contributed by atoms with Crippen LogP contribution in [0.15, 0.2) is 34.2 Å². The first-order valence-corrected chi connectivity index (χ1v) is 5.40. The maximum absolute atomic E-state index is 10.7. The summed E-state index contributed by atoms with van der Waals surface area (Å²) in [4.78, 5) is 17.3. The van der Waals surface area contributed by atoms with Crippen LogP contribution in [0.3, 0.4) is 0 Å². The monoisotopic (exact) mass is 236 g/mol. The van der Waals surface area contributed by atoms with Crippen LogP contribution in [0.2, 0.25) is 0 Å². The minimum absolute atomic E-state index is 0.356. The van der Waals surface area contributed by atoms with Crippen LogP contribution < -0.4 is 0 Å². The van der Waals surface area contributed by atoms with E-state index in [1.54, 1.807) is 18.3 Å². The summed E-state index contributed by atoms with van der Waals surface area (Å²) in [5.41, 5.74) is 8.48. The van der Waals surface area contributed by atoms with Crippen molar-refractivity contribution in [2.45, 2.75) is 5.03 Å². The number of aliphatic carboxylic acids is 1. The molecule has 0 fully saturated rings. The minimum Gasteiger partial charge on any atom is -0.478 e. The van der Waals surface area contributed by atoms with E-state index >= 15 is 0 Å². The molecule has 1 N–H and O–H groups in total. The Kier molecular flexibility index (Phi) is 4.38. The molecule has 16 heavy (non-hydrogen) atoms. The summed E-state index contributed by atoms with van der Waals surface area (Å²) < 4.78 is 0. The fraction of sp³-hybridized carbons (Fsp3) is 0.111. The average molecular weight is 236 g/mol. The first-order valence-electron chi connectivity index (χ1n) is 4.18. The zero-order chi connectivity index (χ0) is 12.0. The van der Waals surface area contributed by atoms with E-state index in [2.05, 4.69) is 15.0 Å². The van der Waals surface area contributed by atoms with Gasteiger partial charge in [0, 0.05) is 16.7 Å². The second kappa shape index (κ2) is 5.79. The van der Waals surface area contributed by atoms with Crippen LogP contribution in [0.25, 0.3) is 16.5 Å². The summed E-state index contributed by atoms with van der Waals surface area (Å²) >= 11 is 1.38. The number of thioether (sulfide) groups is 1. The lowest BCUT2D eigenvalue weighted by Gasteiger charge is -2.00. The van der Waals surface area contributed by atoms with Crippen LogP contribution in [0.4, 0.5) is 0 Å². The number of azide groups is 1. The van der Waals surface area contributed by atoms with Crippen molar-refractivity contribution >= 4 is 23.8 Å². The fourth-order valence-corrected chi connectivity index (χ4v) is 1.54. The summed E-state index contributed by atoms with van der Waals surface area (Å²) in [5, 5.41) is 12.5. The van der Waals surface area contributed by atoms with Crippen molar-refractivity contribution in [2.75, 3.05) is 6.26 Å². The molecule has 7 heteroatoms. The Bertz CT molecular complexity index is 476. The highest BCUT2D eigenvalue weighted by atomic mass is 32.2. The molecule has 0 amide bonds. The molecule has 1 aromatic rings. The highest BCUT2D eigenvalue weighted by molar-refractivity contribution is 7.98. The number of hydrogen-bond donors (Lipinski definition) is 1. The molecule has 1 heterocycles. The molecule has 1 rings (SSSR count). The van der Waals surface area contributed by atoms with Gasteiger partial charge in [-0.3, -0.25) is 0 Å². The Balaban J connectivity index is 3.22. The lowest BCUT2D eigenvalue weighted by Crippen LogP contribution is -1.97. The third-order valence-electron chi connectivity index (χ3n) is 1.66. The molecule has 0 saturated heterocycles. The number of carboxylic acids is 1. The molecule has 0 bridgehead atoms. The first kappa shape index (κ1) is 12.1. The third-order valence-corrected chi connectivity index (χ3v) is 2.39. The molecule has 0 atom stereocenters. The van der Waals surface area contributed by atoms with Crippen LogP contribution in [0, 0.1) is 0 Å². The number of pyridine rings is 1. The van der Waals surface area contributed by atoms with Gasteiger partial charge in [-0.25, -0.2) is 9.78 Å². The number of rotatable bonds is 4. The van der Waals surface area contributed by atoms with Crippen LogP contribution in [-0.4, -0.2) is 22.3 Å². The number of aromatic nitrogens is 1. The van der Waals surface area contributed by atoms with Crippen molar-refractivity contribution in [3.8, 4) is 0 Å². The van der Waals surface area contributed by atoms with Gasteiger partial charge in [-0.15, -0.1) is 11.8 Å². The maximum Gasteiger partial charge on any atom is 0.338 e. The Hall–Kier alpha value is -1.98. The van der Waals surface area contributed by atoms with Crippen molar-refractivity contribution in [1.29, 1.82) is 0 Å². The molecule has 0 aliphatic rings. The lowest BCUT2D eigenvalue weighted by atomic mass is 10.2. The van der Waals surface area contributed by atoms with Gasteiger partial charge in [-0.05, 0) is 23.9 Å². The average Bonchev–Trinajstić information content (AvgIpc) is 2.29. The largest absolute Gasteiger partial charge is 0.478 e. The van der Waals surface area contributed by atoms with Gasteiger partial charge in [0.2, 0.25) is 0 Å².